The molecule has 0 aliphatic carbocycles. The highest BCUT2D eigenvalue weighted by atomic mass is 16.5. The Labute approximate surface area is 128 Å². The molecule has 1 aliphatic heterocycles. The molecule has 2 rings (SSSR count). The molecule has 0 bridgehead atoms. The molecule has 22 heavy (non-hydrogen) atoms. The van der Waals surface area contributed by atoms with Crippen LogP contribution >= 0.6 is 0 Å². The molecule has 118 valence electrons. The maximum Gasteiger partial charge on any atom is 0.343 e. The molecule has 0 amide bonds. The molecule has 1 saturated heterocycles. The first-order valence-electron chi connectivity index (χ1n) is 7.12. The summed E-state index contributed by atoms with van der Waals surface area (Å²) in [7, 11) is 0. The summed E-state index contributed by atoms with van der Waals surface area (Å²) in [6, 6.07) is 4.80. The molecule has 0 unspecified atom stereocenters. The molecule has 0 aromatic heterocycles. The van der Waals surface area contributed by atoms with Gasteiger partial charge in [0.05, 0.1) is 31.0 Å². The number of rotatable bonds is 6. The molecule has 0 radical (unpaired) electrons. The van der Waals surface area contributed by atoms with E-state index < -0.39 is 11.9 Å². The van der Waals surface area contributed by atoms with Gasteiger partial charge in [0.2, 0.25) is 0 Å². The number of hydrogen-bond acceptors (Lipinski definition) is 6. The summed E-state index contributed by atoms with van der Waals surface area (Å²) < 4.78 is 20.7. The first-order valence-corrected chi connectivity index (χ1v) is 7.12. The van der Waals surface area contributed by atoms with Gasteiger partial charge in [-0.25, -0.2) is 9.59 Å². The Kier molecular flexibility index (Phi) is 5.41. The van der Waals surface area contributed by atoms with Gasteiger partial charge in [0, 0.05) is 6.42 Å². The van der Waals surface area contributed by atoms with E-state index >= 15 is 0 Å². The van der Waals surface area contributed by atoms with Crippen LogP contribution < -0.4 is 9.47 Å². The Morgan fingerprint density at radius 2 is 1.95 bits per heavy atom. The number of hydrogen-bond donors (Lipinski definition) is 0. The number of cyclic esters (lactones) is 1. The van der Waals surface area contributed by atoms with Crippen molar-refractivity contribution in [2.45, 2.75) is 20.3 Å². The molecule has 1 aliphatic rings. The van der Waals surface area contributed by atoms with Gasteiger partial charge in [-0.1, -0.05) is 0 Å². The van der Waals surface area contributed by atoms with Gasteiger partial charge in [0.15, 0.2) is 11.5 Å². The summed E-state index contributed by atoms with van der Waals surface area (Å²) in [4.78, 5) is 23.3. The quantitative estimate of drug-likeness (QED) is 0.457. The van der Waals surface area contributed by atoms with Gasteiger partial charge < -0.3 is 18.9 Å². The van der Waals surface area contributed by atoms with Crippen LogP contribution in [0.15, 0.2) is 30.0 Å². The number of carbonyl (C=O) groups is 2. The van der Waals surface area contributed by atoms with Crippen LogP contribution in [0.4, 0.5) is 0 Å². The van der Waals surface area contributed by atoms with Crippen molar-refractivity contribution in [3.8, 4) is 11.5 Å². The van der Waals surface area contributed by atoms with Gasteiger partial charge in [0.1, 0.15) is 6.26 Å². The minimum Gasteiger partial charge on any atom is -0.490 e. The van der Waals surface area contributed by atoms with Crippen molar-refractivity contribution >= 4 is 11.9 Å². The smallest absolute Gasteiger partial charge is 0.343 e. The zero-order valence-electron chi connectivity index (χ0n) is 12.6. The highest BCUT2D eigenvalue weighted by Crippen LogP contribution is 2.29. The van der Waals surface area contributed by atoms with Gasteiger partial charge >= 0.3 is 11.9 Å². The highest BCUT2D eigenvalue weighted by molar-refractivity contribution is 5.93. The summed E-state index contributed by atoms with van der Waals surface area (Å²) in [5, 5.41) is 0. The zero-order valence-corrected chi connectivity index (χ0v) is 12.6. The van der Waals surface area contributed by atoms with Gasteiger partial charge in [-0.3, -0.25) is 0 Å². The molecule has 0 saturated carbocycles. The third-order valence-electron chi connectivity index (χ3n) is 2.95. The maximum atomic E-state index is 12.0. The van der Waals surface area contributed by atoms with Crippen LogP contribution in [0.5, 0.6) is 11.5 Å². The number of carbonyl (C=O) groups excluding carboxylic acids is 2. The number of benzene rings is 1. The van der Waals surface area contributed by atoms with Crippen molar-refractivity contribution in [2.24, 2.45) is 0 Å². The van der Waals surface area contributed by atoms with Crippen LogP contribution in [-0.4, -0.2) is 31.8 Å². The topological polar surface area (TPSA) is 71.1 Å². The second kappa shape index (κ2) is 7.49. The number of ether oxygens (including phenoxy) is 4. The van der Waals surface area contributed by atoms with Crippen molar-refractivity contribution in [3.05, 3.63) is 35.6 Å². The molecule has 1 aromatic carbocycles. The van der Waals surface area contributed by atoms with Crippen molar-refractivity contribution in [3.63, 3.8) is 0 Å². The van der Waals surface area contributed by atoms with E-state index in [-0.39, 0.29) is 0 Å². The molecule has 0 spiro atoms. The average molecular weight is 306 g/mol. The fourth-order valence-electron chi connectivity index (χ4n) is 1.93. The van der Waals surface area contributed by atoms with Crippen molar-refractivity contribution in [1.29, 1.82) is 0 Å². The van der Waals surface area contributed by atoms with Crippen molar-refractivity contribution in [1.82, 2.24) is 0 Å². The normalized spacial score (nSPS) is 15.5. The van der Waals surface area contributed by atoms with Crippen LogP contribution in [0.3, 0.4) is 0 Å². The van der Waals surface area contributed by atoms with Crippen LogP contribution in [0, 0.1) is 0 Å². The molecule has 1 heterocycles. The summed E-state index contributed by atoms with van der Waals surface area (Å²) >= 11 is 0. The predicted molar refractivity (Wildman–Crippen MR) is 77.9 cm³/mol. The summed E-state index contributed by atoms with van der Waals surface area (Å²) in [6.45, 7) is 4.98. The Morgan fingerprint density at radius 3 is 2.59 bits per heavy atom. The third-order valence-corrected chi connectivity index (χ3v) is 2.95. The van der Waals surface area contributed by atoms with Crippen LogP contribution in [0.25, 0.3) is 0 Å². The minimum atomic E-state index is -0.573. The standard InChI is InChI=1S/C16H18O6/c1-3-19-13-6-5-11(9-14(13)20-4-2)15(17)22-10-12-7-8-21-16(12)18/h5-6,9-10H,3-4,7-8H2,1-2H3/b12-10-. The average Bonchev–Trinajstić information content (AvgIpc) is 2.92. The molecular weight excluding hydrogens is 288 g/mol. The fraction of sp³-hybridized carbons (Fsp3) is 0.375. The van der Waals surface area contributed by atoms with Gasteiger partial charge in [-0.2, -0.15) is 0 Å². The molecule has 1 aromatic rings. The van der Waals surface area contributed by atoms with E-state index in [9.17, 15) is 9.59 Å². The third kappa shape index (κ3) is 3.78. The second-order valence-corrected chi connectivity index (χ2v) is 4.46. The van der Waals surface area contributed by atoms with E-state index in [0.29, 0.717) is 48.9 Å². The van der Waals surface area contributed by atoms with Crippen molar-refractivity contribution < 1.29 is 28.5 Å². The lowest BCUT2D eigenvalue weighted by molar-refractivity contribution is -0.135. The van der Waals surface area contributed by atoms with E-state index in [1.54, 1.807) is 18.2 Å². The molecule has 6 nitrogen and oxygen atoms in total. The summed E-state index contributed by atoms with van der Waals surface area (Å²) in [5.74, 6) is 0.0241. The van der Waals surface area contributed by atoms with E-state index in [2.05, 4.69) is 0 Å². The molecular formula is C16H18O6. The fourth-order valence-corrected chi connectivity index (χ4v) is 1.93. The Bertz CT molecular complexity index is 590. The monoisotopic (exact) mass is 306 g/mol. The van der Waals surface area contributed by atoms with Crippen molar-refractivity contribution in [2.75, 3.05) is 19.8 Å². The largest absolute Gasteiger partial charge is 0.490 e. The van der Waals surface area contributed by atoms with E-state index in [0.717, 1.165) is 6.26 Å². The minimum absolute atomic E-state index is 0.315. The zero-order chi connectivity index (χ0) is 15.9. The predicted octanol–water partition coefficient (Wildman–Crippen LogP) is 2.47. The van der Waals surface area contributed by atoms with Crippen LogP contribution in [0.2, 0.25) is 0 Å². The molecule has 1 fully saturated rings. The van der Waals surface area contributed by atoms with Crippen LogP contribution in [-0.2, 0) is 14.3 Å². The van der Waals surface area contributed by atoms with Gasteiger partial charge in [0.25, 0.3) is 0 Å². The van der Waals surface area contributed by atoms with Gasteiger partial charge in [-0.15, -0.1) is 0 Å². The van der Waals surface area contributed by atoms with Crippen LogP contribution in [0.1, 0.15) is 30.6 Å². The lowest BCUT2D eigenvalue weighted by Gasteiger charge is -2.11. The second-order valence-electron chi connectivity index (χ2n) is 4.46. The van der Waals surface area contributed by atoms with E-state index in [1.807, 2.05) is 13.8 Å². The Balaban J connectivity index is 2.12. The van der Waals surface area contributed by atoms with E-state index in [1.165, 1.54) is 0 Å². The first kappa shape index (κ1) is 15.9. The molecule has 6 heteroatoms. The maximum absolute atomic E-state index is 12.0. The lowest BCUT2D eigenvalue weighted by Crippen LogP contribution is -2.05. The summed E-state index contributed by atoms with van der Waals surface area (Å²) in [6.07, 6.45) is 1.59. The van der Waals surface area contributed by atoms with E-state index in [4.69, 9.17) is 18.9 Å². The van der Waals surface area contributed by atoms with Gasteiger partial charge in [-0.05, 0) is 32.0 Å². The Morgan fingerprint density at radius 1 is 1.23 bits per heavy atom. The molecule has 0 N–H and O–H groups in total. The number of esters is 2. The summed E-state index contributed by atoms with van der Waals surface area (Å²) in [5.41, 5.74) is 0.666. The Hall–Kier alpha value is -2.50. The lowest BCUT2D eigenvalue weighted by atomic mass is 10.2. The highest BCUT2D eigenvalue weighted by Gasteiger charge is 2.20. The molecule has 0 atom stereocenters. The SMILES string of the molecule is CCOc1ccc(C(=O)O/C=C2/CCOC2=O)cc1OCC. The first-order chi connectivity index (χ1) is 10.7.